The van der Waals surface area contributed by atoms with Crippen molar-refractivity contribution in [3.05, 3.63) is 34.3 Å². The highest BCUT2D eigenvalue weighted by atomic mass is 79.9. The van der Waals surface area contributed by atoms with Gasteiger partial charge in [0.15, 0.2) is 5.96 Å². The largest absolute Gasteiger partial charge is 0.357 e. The Morgan fingerprint density at radius 1 is 1.37 bits per heavy atom. The molecule has 0 spiro atoms. The molecule has 6 heteroatoms. The highest BCUT2D eigenvalue weighted by Crippen LogP contribution is 2.44. The SMILES string of the molecule is CCNC(=NCC1(c2cccc(Br)c2)CCC1)NC1CCN(C(=O)CC)C1. The first kappa shape index (κ1) is 20.2. The van der Waals surface area contributed by atoms with Gasteiger partial charge in [0, 0.05) is 42.0 Å². The summed E-state index contributed by atoms with van der Waals surface area (Å²) in [7, 11) is 0. The van der Waals surface area contributed by atoms with Crippen molar-refractivity contribution in [1.82, 2.24) is 15.5 Å². The van der Waals surface area contributed by atoms with Crippen LogP contribution in [0.4, 0.5) is 0 Å². The lowest BCUT2D eigenvalue weighted by Gasteiger charge is -2.41. The van der Waals surface area contributed by atoms with Crippen LogP contribution < -0.4 is 10.6 Å². The number of nitrogens with zero attached hydrogens (tertiary/aromatic N) is 2. The Bertz CT molecular complexity index is 687. The zero-order valence-electron chi connectivity index (χ0n) is 16.4. The fraction of sp³-hybridized carbons (Fsp3) is 0.619. The van der Waals surface area contributed by atoms with E-state index in [1.807, 2.05) is 11.8 Å². The molecule has 1 unspecified atom stereocenters. The molecule has 2 fully saturated rings. The second-order valence-electron chi connectivity index (χ2n) is 7.66. The van der Waals surface area contributed by atoms with E-state index in [9.17, 15) is 4.79 Å². The highest BCUT2D eigenvalue weighted by molar-refractivity contribution is 9.10. The van der Waals surface area contributed by atoms with E-state index in [4.69, 9.17) is 4.99 Å². The second kappa shape index (κ2) is 9.09. The van der Waals surface area contributed by atoms with Crippen molar-refractivity contribution in [1.29, 1.82) is 0 Å². The molecule has 0 bridgehead atoms. The molecule has 3 rings (SSSR count). The maximum absolute atomic E-state index is 11.9. The topological polar surface area (TPSA) is 56.7 Å². The molecular formula is C21H31BrN4O. The van der Waals surface area contributed by atoms with Crippen LogP contribution in [-0.2, 0) is 10.2 Å². The van der Waals surface area contributed by atoms with Crippen LogP contribution in [0.15, 0.2) is 33.7 Å². The molecule has 1 heterocycles. The third kappa shape index (κ3) is 4.84. The number of hydrogen-bond donors (Lipinski definition) is 2. The summed E-state index contributed by atoms with van der Waals surface area (Å²) in [6.07, 6.45) is 5.20. The van der Waals surface area contributed by atoms with Crippen LogP contribution in [0.5, 0.6) is 0 Å². The average molecular weight is 435 g/mol. The van der Waals surface area contributed by atoms with Gasteiger partial charge in [0.05, 0.1) is 6.54 Å². The summed E-state index contributed by atoms with van der Waals surface area (Å²) in [5, 5.41) is 6.92. The second-order valence-corrected chi connectivity index (χ2v) is 8.58. The summed E-state index contributed by atoms with van der Waals surface area (Å²) in [5.74, 6) is 1.11. The maximum atomic E-state index is 11.9. The standard InChI is InChI=1S/C21H31BrN4O/c1-3-19(27)26-12-9-18(14-26)25-20(23-4-2)24-15-21(10-6-11-21)16-7-5-8-17(22)13-16/h5,7-8,13,18H,3-4,6,9-12,14-15H2,1-2H3,(H2,23,24,25). The van der Waals surface area contributed by atoms with Gasteiger partial charge in [-0.15, -0.1) is 0 Å². The van der Waals surface area contributed by atoms with Gasteiger partial charge in [-0.2, -0.15) is 0 Å². The first-order valence-electron chi connectivity index (χ1n) is 10.1. The number of nitrogens with one attached hydrogen (secondary N) is 2. The number of carbonyl (C=O) groups is 1. The number of likely N-dealkylation sites (tertiary alicyclic amines) is 1. The predicted octanol–water partition coefficient (Wildman–Crippen LogP) is 3.44. The highest BCUT2D eigenvalue weighted by Gasteiger charge is 2.38. The summed E-state index contributed by atoms with van der Waals surface area (Å²) < 4.78 is 1.13. The molecule has 1 saturated carbocycles. The Labute approximate surface area is 171 Å². The van der Waals surface area contributed by atoms with Gasteiger partial charge in [-0.05, 0) is 43.9 Å². The monoisotopic (exact) mass is 434 g/mol. The third-order valence-electron chi connectivity index (χ3n) is 5.82. The maximum Gasteiger partial charge on any atom is 0.222 e. The molecule has 1 saturated heterocycles. The number of carbonyl (C=O) groups excluding carboxylic acids is 1. The molecule has 27 heavy (non-hydrogen) atoms. The van der Waals surface area contributed by atoms with Gasteiger partial charge in [0.2, 0.25) is 5.91 Å². The van der Waals surface area contributed by atoms with Crippen LogP contribution in [0.3, 0.4) is 0 Å². The quantitative estimate of drug-likeness (QED) is 0.532. The number of benzene rings is 1. The Morgan fingerprint density at radius 2 is 2.19 bits per heavy atom. The van der Waals surface area contributed by atoms with E-state index in [-0.39, 0.29) is 17.4 Å². The van der Waals surface area contributed by atoms with Crippen LogP contribution in [0.1, 0.15) is 51.5 Å². The van der Waals surface area contributed by atoms with E-state index < -0.39 is 0 Å². The Morgan fingerprint density at radius 3 is 2.81 bits per heavy atom. The summed E-state index contributed by atoms with van der Waals surface area (Å²) in [5.41, 5.74) is 1.54. The normalized spacial score (nSPS) is 21.7. The van der Waals surface area contributed by atoms with E-state index in [2.05, 4.69) is 57.8 Å². The van der Waals surface area contributed by atoms with Gasteiger partial charge < -0.3 is 15.5 Å². The molecule has 1 aliphatic heterocycles. The van der Waals surface area contributed by atoms with Crippen molar-refractivity contribution < 1.29 is 4.79 Å². The van der Waals surface area contributed by atoms with Crippen LogP contribution in [0.25, 0.3) is 0 Å². The van der Waals surface area contributed by atoms with Gasteiger partial charge in [-0.25, -0.2) is 0 Å². The molecule has 1 amide bonds. The summed E-state index contributed by atoms with van der Waals surface area (Å²) in [6.45, 7) is 7.25. The predicted molar refractivity (Wildman–Crippen MR) is 114 cm³/mol. The van der Waals surface area contributed by atoms with Crippen molar-refractivity contribution in [3.8, 4) is 0 Å². The van der Waals surface area contributed by atoms with Gasteiger partial charge in [0.1, 0.15) is 0 Å². The number of guanidine groups is 1. The van der Waals surface area contributed by atoms with Gasteiger partial charge >= 0.3 is 0 Å². The molecular weight excluding hydrogens is 404 g/mol. The molecule has 148 valence electrons. The molecule has 1 aromatic carbocycles. The molecule has 2 N–H and O–H groups in total. The molecule has 0 radical (unpaired) electrons. The van der Waals surface area contributed by atoms with Crippen LogP contribution >= 0.6 is 15.9 Å². The summed E-state index contributed by atoms with van der Waals surface area (Å²) in [6, 6.07) is 8.94. The minimum atomic E-state index is 0.159. The Kier molecular flexibility index (Phi) is 6.79. The minimum absolute atomic E-state index is 0.159. The van der Waals surface area contributed by atoms with E-state index in [0.29, 0.717) is 6.42 Å². The first-order chi connectivity index (χ1) is 13.1. The Balaban J connectivity index is 1.66. The lowest BCUT2D eigenvalue weighted by Crippen LogP contribution is -2.46. The number of aliphatic imine (C=N–C) groups is 1. The number of amides is 1. The Hall–Kier alpha value is -1.56. The van der Waals surface area contributed by atoms with E-state index in [0.717, 1.165) is 43.0 Å². The van der Waals surface area contributed by atoms with Crippen molar-refractivity contribution in [2.24, 2.45) is 4.99 Å². The number of hydrogen-bond acceptors (Lipinski definition) is 2. The zero-order chi connectivity index (χ0) is 19.3. The van der Waals surface area contributed by atoms with Crippen LogP contribution in [0.2, 0.25) is 0 Å². The van der Waals surface area contributed by atoms with E-state index in [1.165, 1.54) is 24.8 Å². The van der Waals surface area contributed by atoms with Crippen molar-refractivity contribution in [3.63, 3.8) is 0 Å². The van der Waals surface area contributed by atoms with Crippen molar-refractivity contribution in [2.45, 2.75) is 57.4 Å². The van der Waals surface area contributed by atoms with Crippen LogP contribution in [0, 0.1) is 0 Å². The fourth-order valence-electron chi connectivity index (χ4n) is 4.03. The van der Waals surface area contributed by atoms with Crippen molar-refractivity contribution in [2.75, 3.05) is 26.2 Å². The lowest BCUT2D eigenvalue weighted by atomic mass is 9.64. The lowest BCUT2D eigenvalue weighted by molar-refractivity contribution is -0.129. The third-order valence-corrected chi connectivity index (χ3v) is 6.31. The summed E-state index contributed by atoms with van der Waals surface area (Å²) in [4.78, 5) is 18.8. The number of halogens is 1. The molecule has 1 atom stereocenters. The van der Waals surface area contributed by atoms with Crippen molar-refractivity contribution >= 4 is 27.8 Å². The van der Waals surface area contributed by atoms with Crippen LogP contribution in [-0.4, -0.2) is 49.0 Å². The number of rotatable bonds is 6. The summed E-state index contributed by atoms with van der Waals surface area (Å²) >= 11 is 3.60. The average Bonchev–Trinajstić information content (AvgIpc) is 3.09. The zero-order valence-corrected chi connectivity index (χ0v) is 18.0. The molecule has 1 aliphatic carbocycles. The molecule has 0 aromatic heterocycles. The fourth-order valence-corrected chi connectivity index (χ4v) is 4.43. The smallest absolute Gasteiger partial charge is 0.222 e. The molecule has 2 aliphatic rings. The van der Waals surface area contributed by atoms with Gasteiger partial charge in [-0.3, -0.25) is 9.79 Å². The first-order valence-corrected chi connectivity index (χ1v) is 10.9. The van der Waals surface area contributed by atoms with E-state index >= 15 is 0 Å². The molecule has 1 aromatic rings. The van der Waals surface area contributed by atoms with E-state index in [1.54, 1.807) is 0 Å². The minimum Gasteiger partial charge on any atom is -0.357 e. The van der Waals surface area contributed by atoms with Gasteiger partial charge in [-0.1, -0.05) is 41.4 Å². The molecule has 5 nitrogen and oxygen atoms in total. The van der Waals surface area contributed by atoms with Gasteiger partial charge in [0.25, 0.3) is 0 Å².